The van der Waals surface area contributed by atoms with Gasteiger partial charge in [0.1, 0.15) is 31.1 Å². The average molecular weight is 542 g/mol. The van der Waals surface area contributed by atoms with Gasteiger partial charge in [-0.2, -0.15) is 8.42 Å². The zero-order valence-corrected chi connectivity index (χ0v) is 22.5. The first-order chi connectivity index (χ1) is 16.4. The number of aliphatic hydroxyl groups excluding tert-OH is 1. The largest absolute Gasteiger partial charge is 0.511 e. The van der Waals surface area contributed by atoms with Gasteiger partial charge in [-0.15, -0.1) is 15.7 Å². The summed E-state index contributed by atoms with van der Waals surface area (Å²) in [7, 11) is -7.47. The normalized spacial score (nSPS) is 29.3. The smallest absolute Gasteiger partial charge is 0.287 e. The molecule has 12 heteroatoms. The summed E-state index contributed by atoms with van der Waals surface area (Å²) in [6.45, 7) is 4.75. The van der Waals surface area contributed by atoms with Crippen molar-refractivity contribution in [2.75, 3.05) is 23.9 Å². The lowest BCUT2D eigenvalue weighted by atomic mass is 9.77. The van der Waals surface area contributed by atoms with Gasteiger partial charge in [0.25, 0.3) is 15.9 Å². The molecule has 2 fully saturated rings. The number of anilines is 1. The molecule has 1 aromatic rings. The SMILES string of the molecule is CC(C)CCN1C(=O)C(C2=NS(=O)(=O)c3c(CCS(C)(=O)=O)csc3N2)=C(O)C2C1[C@@H]1CC[C@H]2C1. The summed E-state index contributed by atoms with van der Waals surface area (Å²) in [6.07, 6.45) is 4.98. The van der Waals surface area contributed by atoms with Crippen molar-refractivity contribution in [2.24, 2.45) is 28.1 Å². The van der Waals surface area contributed by atoms with Gasteiger partial charge in [-0.05, 0) is 60.8 Å². The van der Waals surface area contributed by atoms with Crippen LogP contribution in [0.4, 0.5) is 5.00 Å². The molecular formula is C23H31N3O6S3. The van der Waals surface area contributed by atoms with Gasteiger partial charge in [-0.1, -0.05) is 13.8 Å². The summed E-state index contributed by atoms with van der Waals surface area (Å²) in [6, 6.07) is -0.0514. The average Bonchev–Trinajstić information content (AvgIpc) is 3.46. The number of amidine groups is 1. The van der Waals surface area contributed by atoms with Crippen LogP contribution in [0.15, 0.2) is 26.0 Å². The minimum absolute atomic E-state index is 0.0484. The minimum atomic E-state index is -4.19. The van der Waals surface area contributed by atoms with Crippen LogP contribution in [0.25, 0.3) is 0 Å². The molecule has 5 rings (SSSR count). The Bertz CT molecular complexity index is 1340. The lowest BCUT2D eigenvalue weighted by Gasteiger charge is -2.44. The number of sulfonamides is 1. The Morgan fingerprint density at radius 3 is 2.69 bits per heavy atom. The zero-order chi connectivity index (χ0) is 25.3. The summed E-state index contributed by atoms with van der Waals surface area (Å²) in [4.78, 5) is 15.5. The van der Waals surface area contributed by atoms with Gasteiger partial charge in [0, 0.05) is 24.8 Å². The Balaban J connectivity index is 1.53. The van der Waals surface area contributed by atoms with E-state index in [0.717, 1.165) is 43.3 Å². The van der Waals surface area contributed by atoms with E-state index in [9.17, 15) is 26.7 Å². The minimum Gasteiger partial charge on any atom is -0.511 e. The standard InChI is InChI=1S/C23H31N3O6S3/c1-12(2)6-8-26-18-14-5-4-13(10-14)16(18)19(27)17(23(26)28)21-24-22-20(35(31,32)25-21)15(11-33-22)7-9-34(3,29)30/h11-14,16,18,27H,4-10H2,1-3H3,(H,24,25)/t13-,14+,16?,18?/m0/s1. The molecule has 3 heterocycles. The van der Waals surface area contributed by atoms with Crippen molar-refractivity contribution in [1.82, 2.24) is 4.90 Å². The molecular weight excluding hydrogens is 510 g/mol. The highest BCUT2D eigenvalue weighted by Gasteiger charge is 2.57. The summed E-state index contributed by atoms with van der Waals surface area (Å²) < 4.78 is 53.5. The highest BCUT2D eigenvalue weighted by Crippen LogP contribution is 2.55. The fraction of sp³-hybridized carbons (Fsp3) is 0.652. The van der Waals surface area contributed by atoms with Crippen LogP contribution in [0.1, 0.15) is 45.1 Å². The molecule has 192 valence electrons. The number of aryl methyl sites for hydroxylation is 1. The molecule has 2 saturated carbocycles. The summed E-state index contributed by atoms with van der Waals surface area (Å²) in [5, 5.41) is 16.2. The topological polar surface area (TPSA) is 133 Å². The molecule has 1 aromatic heterocycles. The van der Waals surface area contributed by atoms with E-state index in [-0.39, 0.29) is 63.0 Å². The number of hydrogen-bond donors (Lipinski definition) is 2. The number of carbonyl (C=O) groups excluding carboxylic acids is 1. The fourth-order valence-corrected chi connectivity index (χ4v) is 9.41. The van der Waals surface area contributed by atoms with Crippen LogP contribution in [0.3, 0.4) is 0 Å². The van der Waals surface area contributed by atoms with Crippen LogP contribution >= 0.6 is 11.3 Å². The number of fused-ring (bicyclic) bond motifs is 6. The third kappa shape index (κ3) is 4.31. The quantitative estimate of drug-likeness (QED) is 0.542. The molecule has 2 bridgehead atoms. The van der Waals surface area contributed by atoms with Gasteiger partial charge in [0.05, 0.1) is 5.75 Å². The number of sulfone groups is 1. The van der Waals surface area contributed by atoms with Crippen LogP contribution in [0, 0.1) is 23.7 Å². The predicted octanol–water partition coefficient (Wildman–Crippen LogP) is 2.96. The van der Waals surface area contributed by atoms with Gasteiger partial charge < -0.3 is 15.3 Å². The molecule has 0 spiro atoms. The van der Waals surface area contributed by atoms with Crippen molar-refractivity contribution in [3.63, 3.8) is 0 Å². The second-order valence-corrected chi connectivity index (χ2v) is 15.3. The van der Waals surface area contributed by atoms with Gasteiger partial charge >= 0.3 is 0 Å². The first kappa shape index (κ1) is 24.8. The molecule has 1 amide bonds. The first-order valence-electron chi connectivity index (χ1n) is 12.0. The van der Waals surface area contributed by atoms with E-state index in [1.807, 2.05) is 4.90 Å². The molecule has 4 aliphatic rings. The molecule has 2 aliphatic heterocycles. The Kier molecular flexibility index (Phi) is 6.07. The lowest BCUT2D eigenvalue weighted by Crippen LogP contribution is -2.54. The van der Waals surface area contributed by atoms with Crippen molar-refractivity contribution in [1.29, 1.82) is 0 Å². The molecule has 35 heavy (non-hydrogen) atoms. The van der Waals surface area contributed by atoms with E-state index >= 15 is 0 Å². The fourth-order valence-electron chi connectivity index (χ4n) is 6.14. The molecule has 9 nitrogen and oxygen atoms in total. The van der Waals surface area contributed by atoms with E-state index in [2.05, 4.69) is 23.6 Å². The Labute approximate surface area is 210 Å². The molecule has 0 saturated heterocycles. The third-order valence-corrected chi connectivity index (χ3v) is 11.1. The Hall–Kier alpha value is -1.92. The molecule has 0 aromatic carbocycles. The number of carbonyl (C=O) groups is 1. The number of hydrogen-bond acceptors (Lipinski definition) is 8. The molecule has 2 N–H and O–H groups in total. The van der Waals surface area contributed by atoms with Crippen LogP contribution in [0.5, 0.6) is 0 Å². The van der Waals surface area contributed by atoms with Crippen LogP contribution in [0.2, 0.25) is 0 Å². The number of amides is 1. The third-order valence-electron chi connectivity index (χ3n) is 7.72. The summed E-state index contributed by atoms with van der Waals surface area (Å²) in [5.41, 5.74) is 0.327. The Morgan fingerprint density at radius 2 is 2.00 bits per heavy atom. The predicted molar refractivity (Wildman–Crippen MR) is 135 cm³/mol. The van der Waals surface area contributed by atoms with E-state index in [4.69, 9.17) is 0 Å². The number of nitrogens with zero attached hydrogens (tertiary/aromatic N) is 2. The Morgan fingerprint density at radius 1 is 1.29 bits per heavy atom. The van der Waals surface area contributed by atoms with Crippen LogP contribution in [-0.2, 0) is 31.1 Å². The monoisotopic (exact) mass is 541 g/mol. The number of aliphatic hydroxyl groups is 1. The van der Waals surface area contributed by atoms with Crippen molar-refractivity contribution >= 4 is 47.9 Å². The summed E-state index contributed by atoms with van der Waals surface area (Å²) in [5.74, 6) is 0.0766. The van der Waals surface area contributed by atoms with Gasteiger partial charge in [0.15, 0.2) is 5.84 Å². The maximum Gasteiger partial charge on any atom is 0.287 e. The van der Waals surface area contributed by atoms with Crippen LogP contribution in [-0.4, -0.2) is 63.2 Å². The van der Waals surface area contributed by atoms with Crippen molar-refractivity contribution < 1.29 is 26.7 Å². The highest BCUT2D eigenvalue weighted by molar-refractivity contribution is 7.91. The van der Waals surface area contributed by atoms with E-state index in [0.29, 0.717) is 23.9 Å². The maximum atomic E-state index is 13.7. The molecule has 0 radical (unpaired) electrons. The number of rotatable bonds is 7. The summed E-state index contributed by atoms with van der Waals surface area (Å²) >= 11 is 1.13. The second-order valence-electron chi connectivity index (χ2n) is 10.6. The lowest BCUT2D eigenvalue weighted by molar-refractivity contribution is -0.133. The van der Waals surface area contributed by atoms with E-state index in [1.165, 1.54) is 0 Å². The first-order valence-corrected chi connectivity index (χ1v) is 16.4. The van der Waals surface area contributed by atoms with Crippen molar-refractivity contribution in [3.05, 3.63) is 22.3 Å². The molecule has 4 atom stereocenters. The highest BCUT2D eigenvalue weighted by atomic mass is 32.2. The molecule has 2 aliphatic carbocycles. The maximum absolute atomic E-state index is 13.7. The zero-order valence-electron chi connectivity index (χ0n) is 20.0. The number of thiophene rings is 1. The van der Waals surface area contributed by atoms with Crippen molar-refractivity contribution in [3.8, 4) is 0 Å². The van der Waals surface area contributed by atoms with E-state index < -0.39 is 19.9 Å². The van der Waals surface area contributed by atoms with Gasteiger partial charge in [-0.25, -0.2) is 8.42 Å². The second kappa shape index (κ2) is 8.58. The van der Waals surface area contributed by atoms with Crippen molar-refractivity contribution in [2.45, 2.75) is 56.9 Å². The van der Waals surface area contributed by atoms with Crippen LogP contribution < -0.4 is 5.32 Å². The van der Waals surface area contributed by atoms with Gasteiger partial charge in [-0.3, -0.25) is 4.79 Å². The number of nitrogens with one attached hydrogen (secondary N) is 1. The van der Waals surface area contributed by atoms with Gasteiger partial charge in [0.2, 0.25) is 0 Å². The molecule has 2 unspecified atom stereocenters. The van der Waals surface area contributed by atoms with E-state index in [1.54, 1.807) is 5.38 Å².